The third kappa shape index (κ3) is 6.13. The molecule has 0 saturated carbocycles. The highest BCUT2D eigenvalue weighted by Crippen LogP contribution is 2.20. The van der Waals surface area contributed by atoms with Crippen molar-refractivity contribution in [3.8, 4) is 0 Å². The topological polar surface area (TPSA) is 3.24 Å². The van der Waals surface area contributed by atoms with Crippen molar-refractivity contribution >= 4 is 0 Å². The average Bonchev–Trinajstić information content (AvgIpc) is 2.56. The SMILES string of the molecule is C=C/C(=C\C(CC)=C(/C)CN(C)CC)CCc1c(C)cccc1C. The Morgan fingerprint density at radius 1 is 1.17 bits per heavy atom. The first-order valence-electron chi connectivity index (χ1n) is 9.18. The zero-order valence-electron chi connectivity index (χ0n) is 16.6. The molecule has 0 bridgehead atoms. The van der Waals surface area contributed by atoms with Gasteiger partial charge in [0.1, 0.15) is 0 Å². The molecule has 0 heterocycles. The van der Waals surface area contributed by atoms with Crippen LogP contribution < -0.4 is 0 Å². The molecule has 1 heteroatoms. The van der Waals surface area contributed by atoms with Crippen LogP contribution in [0.4, 0.5) is 0 Å². The number of rotatable bonds is 9. The smallest absolute Gasteiger partial charge is 0.0192 e. The van der Waals surface area contributed by atoms with Gasteiger partial charge in [-0.15, -0.1) is 0 Å². The highest BCUT2D eigenvalue weighted by Gasteiger charge is 2.05. The van der Waals surface area contributed by atoms with Crippen LogP contribution in [0.2, 0.25) is 0 Å². The highest BCUT2D eigenvalue weighted by molar-refractivity contribution is 5.37. The van der Waals surface area contributed by atoms with E-state index in [1.54, 1.807) is 0 Å². The van der Waals surface area contributed by atoms with Crippen LogP contribution >= 0.6 is 0 Å². The molecule has 0 N–H and O–H groups in total. The first-order valence-corrected chi connectivity index (χ1v) is 9.18. The Balaban J connectivity index is 2.92. The van der Waals surface area contributed by atoms with Crippen LogP contribution in [0.1, 0.15) is 50.3 Å². The van der Waals surface area contributed by atoms with E-state index in [2.05, 4.69) is 77.4 Å². The van der Waals surface area contributed by atoms with Crippen molar-refractivity contribution < 1.29 is 0 Å². The molecule has 1 aromatic rings. The molecule has 0 fully saturated rings. The van der Waals surface area contributed by atoms with Gasteiger partial charge in [0.2, 0.25) is 0 Å². The monoisotopic (exact) mass is 325 g/mol. The van der Waals surface area contributed by atoms with Gasteiger partial charge in [-0.05, 0) is 81.5 Å². The number of nitrogens with zero attached hydrogens (tertiary/aromatic N) is 1. The molecule has 0 atom stereocenters. The minimum Gasteiger partial charge on any atom is -0.303 e. The summed E-state index contributed by atoms with van der Waals surface area (Å²) in [5.41, 5.74) is 8.53. The largest absolute Gasteiger partial charge is 0.303 e. The molecule has 0 amide bonds. The summed E-state index contributed by atoms with van der Waals surface area (Å²) in [6.45, 7) is 17.3. The Morgan fingerprint density at radius 2 is 1.79 bits per heavy atom. The van der Waals surface area contributed by atoms with E-state index in [1.165, 1.54) is 33.4 Å². The molecular weight excluding hydrogens is 290 g/mol. The van der Waals surface area contributed by atoms with Crippen molar-refractivity contribution in [2.24, 2.45) is 0 Å². The first kappa shape index (κ1) is 20.4. The second-order valence-corrected chi connectivity index (χ2v) is 6.78. The Kier molecular flexibility index (Phi) is 8.78. The molecule has 0 saturated heterocycles. The molecular formula is C23H35N. The lowest BCUT2D eigenvalue weighted by Crippen LogP contribution is -2.20. The van der Waals surface area contributed by atoms with Crippen LogP contribution in [0.25, 0.3) is 0 Å². The van der Waals surface area contributed by atoms with Gasteiger partial charge in [0.25, 0.3) is 0 Å². The highest BCUT2D eigenvalue weighted by atomic mass is 15.1. The third-order valence-electron chi connectivity index (χ3n) is 4.91. The molecule has 132 valence electrons. The van der Waals surface area contributed by atoms with Crippen molar-refractivity contribution in [1.82, 2.24) is 4.90 Å². The second-order valence-electron chi connectivity index (χ2n) is 6.78. The molecule has 1 nitrogen and oxygen atoms in total. The van der Waals surface area contributed by atoms with Gasteiger partial charge < -0.3 is 4.90 Å². The Hall–Kier alpha value is -1.60. The third-order valence-corrected chi connectivity index (χ3v) is 4.91. The number of aryl methyl sites for hydroxylation is 2. The van der Waals surface area contributed by atoms with Gasteiger partial charge in [0.15, 0.2) is 0 Å². The van der Waals surface area contributed by atoms with E-state index in [4.69, 9.17) is 0 Å². The van der Waals surface area contributed by atoms with Crippen molar-refractivity contribution in [2.75, 3.05) is 20.1 Å². The maximum Gasteiger partial charge on any atom is 0.0192 e. The first-order chi connectivity index (χ1) is 11.4. The standard InChI is InChI=1S/C23H35N/c1-8-21(14-15-23-18(4)12-11-13-19(23)5)16-22(9-2)20(6)17-24(7)10-3/h8,11-13,16H,1,9-10,14-15,17H2,2-7H3/b21-16+,22-20+. The van der Waals surface area contributed by atoms with E-state index in [0.29, 0.717) is 0 Å². The van der Waals surface area contributed by atoms with Crippen LogP contribution in [0.15, 0.2) is 53.6 Å². The summed E-state index contributed by atoms with van der Waals surface area (Å²) >= 11 is 0. The fraction of sp³-hybridized carbons (Fsp3) is 0.478. The predicted octanol–water partition coefficient (Wildman–Crippen LogP) is 6.03. The molecule has 1 aromatic carbocycles. The molecule has 0 aliphatic rings. The average molecular weight is 326 g/mol. The Labute approximate surface area is 149 Å². The van der Waals surface area contributed by atoms with E-state index in [-0.39, 0.29) is 0 Å². The van der Waals surface area contributed by atoms with E-state index in [0.717, 1.165) is 32.4 Å². The lowest BCUT2D eigenvalue weighted by molar-refractivity contribution is 0.382. The van der Waals surface area contributed by atoms with Crippen molar-refractivity contribution in [3.05, 3.63) is 70.3 Å². The molecule has 1 rings (SSSR count). The molecule has 0 aromatic heterocycles. The van der Waals surface area contributed by atoms with Gasteiger partial charge in [-0.2, -0.15) is 0 Å². The van der Waals surface area contributed by atoms with Crippen LogP contribution in [-0.2, 0) is 6.42 Å². The van der Waals surface area contributed by atoms with Crippen LogP contribution in [0, 0.1) is 13.8 Å². The van der Waals surface area contributed by atoms with Gasteiger partial charge in [-0.25, -0.2) is 0 Å². The fourth-order valence-electron chi connectivity index (χ4n) is 3.11. The molecule has 0 radical (unpaired) electrons. The normalized spacial score (nSPS) is 13.2. The number of hydrogen-bond donors (Lipinski definition) is 0. The molecule has 24 heavy (non-hydrogen) atoms. The molecule has 0 unspecified atom stereocenters. The van der Waals surface area contributed by atoms with Crippen LogP contribution in [0.3, 0.4) is 0 Å². The van der Waals surface area contributed by atoms with Crippen molar-refractivity contribution in [2.45, 2.75) is 53.9 Å². The van der Waals surface area contributed by atoms with Gasteiger partial charge in [-0.1, -0.05) is 56.4 Å². The van der Waals surface area contributed by atoms with E-state index < -0.39 is 0 Å². The van der Waals surface area contributed by atoms with Gasteiger partial charge in [0, 0.05) is 6.54 Å². The zero-order chi connectivity index (χ0) is 18.1. The maximum atomic E-state index is 4.04. The number of benzene rings is 1. The molecule has 0 spiro atoms. The van der Waals surface area contributed by atoms with Crippen LogP contribution in [0.5, 0.6) is 0 Å². The number of allylic oxidation sites excluding steroid dienone is 4. The van der Waals surface area contributed by atoms with E-state index >= 15 is 0 Å². The van der Waals surface area contributed by atoms with Gasteiger partial charge in [-0.3, -0.25) is 0 Å². The Morgan fingerprint density at radius 3 is 2.29 bits per heavy atom. The van der Waals surface area contributed by atoms with E-state index in [9.17, 15) is 0 Å². The Bertz CT molecular complexity index is 584. The van der Waals surface area contributed by atoms with Crippen LogP contribution in [-0.4, -0.2) is 25.0 Å². The summed E-state index contributed by atoms with van der Waals surface area (Å²) in [5, 5.41) is 0. The minimum absolute atomic E-state index is 1.04. The predicted molar refractivity (Wildman–Crippen MR) is 109 cm³/mol. The summed E-state index contributed by atoms with van der Waals surface area (Å²) in [6, 6.07) is 6.56. The summed E-state index contributed by atoms with van der Waals surface area (Å²) in [7, 11) is 2.18. The summed E-state index contributed by atoms with van der Waals surface area (Å²) in [6.07, 6.45) is 7.60. The summed E-state index contributed by atoms with van der Waals surface area (Å²) in [4.78, 5) is 2.35. The lowest BCUT2D eigenvalue weighted by Gasteiger charge is -2.17. The second kappa shape index (κ2) is 10.3. The van der Waals surface area contributed by atoms with Crippen molar-refractivity contribution in [1.29, 1.82) is 0 Å². The van der Waals surface area contributed by atoms with Crippen molar-refractivity contribution in [3.63, 3.8) is 0 Å². The quantitative estimate of drug-likeness (QED) is 0.501. The summed E-state index contributed by atoms with van der Waals surface area (Å²) in [5.74, 6) is 0. The van der Waals surface area contributed by atoms with Gasteiger partial charge in [0.05, 0.1) is 0 Å². The lowest BCUT2D eigenvalue weighted by atomic mass is 9.94. The number of likely N-dealkylation sites (N-methyl/N-ethyl adjacent to an activating group) is 1. The van der Waals surface area contributed by atoms with E-state index in [1.807, 2.05) is 6.08 Å². The van der Waals surface area contributed by atoms with Gasteiger partial charge >= 0.3 is 0 Å². The summed E-state index contributed by atoms with van der Waals surface area (Å²) < 4.78 is 0. The minimum atomic E-state index is 1.04. The molecule has 0 aliphatic heterocycles. The fourth-order valence-corrected chi connectivity index (χ4v) is 3.11. The zero-order valence-corrected chi connectivity index (χ0v) is 16.6. The maximum absolute atomic E-state index is 4.04. The molecule has 0 aliphatic carbocycles. The number of hydrogen-bond acceptors (Lipinski definition) is 1.